The SMILES string of the molecule is CSCCCC1C[C@H](N)c2ccc(Br)cc2O1. The molecule has 0 radical (unpaired) electrons. The van der Waals surface area contributed by atoms with E-state index in [1.54, 1.807) is 0 Å². The van der Waals surface area contributed by atoms with Crippen molar-refractivity contribution in [1.29, 1.82) is 0 Å². The lowest BCUT2D eigenvalue weighted by atomic mass is 9.95. The first-order chi connectivity index (χ1) is 8.20. The third-order valence-electron chi connectivity index (χ3n) is 3.06. The Kier molecular flexibility index (Phi) is 4.77. The molecule has 2 atom stereocenters. The molecule has 0 fully saturated rings. The van der Waals surface area contributed by atoms with E-state index in [1.165, 1.54) is 12.2 Å². The highest BCUT2D eigenvalue weighted by Crippen LogP contribution is 2.36. The van der Waals surface area contributed by atoms with Gasteiger partial charge < -0.3 is 10.5 Å². The fourth-order valence-electron chi connectivity index (χ4n) is 2.19. The number of halogens is 1. The first kappa shape index (κ1) is 13.2. The fraction of sp³-hybridized carbons (Fsp3) is 0.538. The Balaban J connectivity index is 2.04. The number of fused-ring (bicyclic) bond motifs is 1. The highest BCUT2D eigenvalue weighted by atomic mass is 79.9. The van der Waals surface area contributed by atoms with Gasteiger partial charge in [-0.05, 0) is 37.0 Å². The third kappa shape index (κ3) is 3.39. The van der Waals surface area contributed by atoms with Crippen LogP contribution in [0.25, 0.3) is 0 Å². The number of hydrogen-bond donors (Lipinski definition) is 1. The van der Waals surface area contributed by atoms with Gasteiger partial charge >= 0.3 is 0 Å². The van der Waals surface area contributed by atoms with Crippen LogP contribution in [-0.2, 0) is 0 Å². The molecule has 0 aliphatic carbocycles. The molecular formula is C13H18BrNOS. The Morgan fingerprint density at radius 3 is 3.12 bits per heavy atom. The Morgan fingerprint density at radius 2 is 2.35 bits per heavy atom. The summed E-state index contributed by atoms with van der Waals surface area (Å²) in [5.74, 6) is 2.15. The molecule has 0 aromatic heterocycles. The minimum absolute atomic E-state index is 0.117. The smallest absolute Gasteiger partial charge is 0.125 e. The van der Waals surface area contributed by atoms with Gasteiger partial charge in [0.25, 0.3) is 0 Å². The van der Waals surface area contributed by atoms with E-state index in [2.05, 4.69) is 28.3 Å². The lowest BCUT2D eigenvalue weighted by molar-refractivity contribution is 0.149. The van der Waals surface area contributed by atoms with Crippen LogP contribution in [0, 0.1) is 0 Å². The van der Waals surface area contributed by atoms with Crippen LogP contribution in [0.3, 0.4) is 0 Å². The molecule has 1 aromatic rings. The molecule has 17 heavy (non-hydrogen) atoms. The quantitative estimate of drug-likeness (QED) is 0.860. The predicted molar refractivity (Wildman–Crippen MR) is 77.7 cm³/mol. The molecule has 1 aromatic carbocycles. The van der Waals surface area contributed by atoms with Crippen molar-refractivity contribution in [2.45, 2.75) is 31.4 Å². The number of hydrogen-bond acceptors (Lipinski definition) is 3. The van der Waals surface area contributed by atoms with E-state index in [-0.39, 0.29) is 12.1 Å². The first-order valence-electron chi connectivity index (χ1n) is 5.91. The summed E-state index contributed by atoms with van der Waals surface area (Å²) in [6, 6.07) is 6.22. The van der Waals surface area contributed by atoms with Crippen molar-refractivity contribution in [2.24, 2.45) is 5.73 Å². The molecule has 1 heterocycles. The molecule has 2 nitrogen and oxygen atoms in total. The predicted octanol–water partition coefficient (Wildman–Crippen LogP) is 3.74. The van der Waals surface area contributed by atoms with Crippen LogP contribution in [0.2, 0.25) is 0 Å². The van der Waals surface area contributed by atoms with E-state index in [9.17, 15) is 0 Å². The van der Waals surface area contributed by atoms with Gasteiger partial charge in [0.15, 0.2) is 0 Å². The summed E-state index contributed by atoms with van der Waals surface area (Å²) in [6.07, 6.45) is 5.64. The molecule has 4 heteroatoms. The van der Waals surface area contributed by atoms with Gasteiger partial charge in [0.2, 0.25) is 0 Å². The highest BCUT2D eigenvalue weighted by Gasteiger charge is 2.25. The van der Waals surface area contributed by atoms with Crippen molar-refractivity contribution in [3.8, 4) is 5.75 Å². The number of ether oxygens (including phenoxy) is 1. The third-order valence-corrected chi connectivity index (χ3v) is 4.25. The van der Waals surface area contributed by atoms with Crippen LogP contribution >= 0.6 is 27.7 Å². The zero-order chi connectivity index (χ0) is 12.3. The van der Waals surface area contributed by atoms with Gasteiger partial charge in [-0.3, -0.25) is 0 Å². The Bertz CT molecular complexity index is 386. The summed E-state index contributed by atoms with van der Waals surface area (Å²) in [6.45, 7) is 0. The molecule has 1 aliphatic heterocycles. The second-order valence-electron chi connectivity index (χ2n) is 4.40. The molecule has 0 bridgehead atoms. The van der Waals surface area contributed by atoms with Crippen LogP contribution < -0.4 is 10.5 Å². The number of thioether (sulfide) groups is 1. The van der Waals surface area contributed by atoms with Gasteiger partial charge in [-0.1, -0.05) is 22.0 Å². The van der Waals surface area contributed by atoms with Crippen LogP contribution in [0.4, 0.5) is 0 Å². The second-order valence-corrected chi connectivity index (χ2v) is 6.30. The van der Waals surface area contributed by atoms with Crippen LogP contribution in [0.5, 0.6) is 5.75 Å². The van der Waals surface area contributed by atoms with Gasteiger partial charge in [0.05, 0.1) is 0 Å². The van der Waals surface area contributed by atoms with Crippen LogP contribution in [0.1, 0.15) is 30.9 Å². The normalized spacial score (nSPS) is 23.0. The zero-order valence-electron chi connectivity index (χ0n) is 9.99. The van der Waals surface area contributed by atoms with Crippen molar-refractivity contribution in [2.75, 3.05) is 12.0 Å². The molecule has 2 N–H and O–H groups in total. The maximum Gasteiger partial charge on any atom is 0.125 e. The largest absolute Gasteiger partial charge is 0.490 e. The summed E-state index contributed by atoms with van der Waals surface area (Å²) in [4.78, 5) is 0. The standard InChI is InChI=1S/C13H18BrNOS/c1-17-6-2-3-10-8-12(15)11-5-4-9(14)7-13(11)16-10/h4-5,7,10,12H,2-3,6,8,15H2,1H3/t10?,12-/m0/s1. The number of rotatable bonds is 4. The van der Waals surface area contributed by atoms with Gasteiger partial charge in [-0.25, -0.2) is 0 Å². The lowest BCUT2D eigenvalue weighted by Gasteiger charge is -2.30. The lowest BCUT2D eigenvalue weighted by Crippen LogP contribution is -2.29. The number of benzene rings is 1. The van der Waals surface area contributed by atoms with Gasteiger partial charge in [-0.2, -0.15) is 11.8 Å². The summed E-state index contributed by atoms with van der Waals surface area (Å²) in [5.41, 5.74) is 7.32. The Morgan fingerprint density at radius 1 is 1.53 bits per heavy atom. The van der Waals surface area contributed by atoms with Crippen molar-refractivity contribution in [3.63, 3.8) is 0 Å². The average molecular weight is 316 g/mol. The summed E-state index contributed by atoms with van der Waals surface area (Å²) in [5, 5.41) is 0. The monoisotopic (exact) mass is 315 g/mol. The molecule has 0 saturated heterocycles. The maximum absolute atomic E-state index is 6.19. The van der Waals surface area contributed by atoms with Crippen LogP contribution in [-0.4, -0.2) is 18.1 Å². The topological polar surface area (TPSA) is 35.2 Å². The Labute approximate surface area is 115 Å². The van der Waals surface area contributed by atoms with Crippen molar-refractivity contribution < 1.29 is 4.74 Å². The molecule has 0 spiro atoms. The van der Waals surface area contributed by atoms with E-state index in [0.717, 1.165) is 28.6 Å². The molecule has 0 saturated carbocycles. The van der Waals surface area contributed by atoms with E-state index < -0.39 is 0 Å². The summed E-state index contributed by atoms with van der Waals surface area (Å²) < 4.78 is 7.06. The van der Waals surface area contributed by atoms with Gasteiger partial charge in [0, 0.05) is 22.5 Å². The first-order valence-corrected chi connectivity index (χ1v) is 8.10. The molecule has 1 aliphatic rings. The number of nitrogens with two attached hydrogens (primary N) is 1. The Hall–Kier alpha value is -0.190. The van der Waals surface area contributed by atoms with Crippen LogP contribution in [0.15, 0.2) is 22.7 Å². The van der Waals surface area contributed by atoms with Crippen molar-refractivity contribution in [3.05, 3.63) is 28.2 Å². The summed E-state index contributed by atoms with van der Waals surface area (Å²) >= 11 is 5.35. The molecule has 2 rings (SSSR count). The van der Waals surface area contributed by atoms with E-state index in [0.29, 0.717) is 0 Å². The molecule has 94 valence electrons. The second kappa shape index (κ2) is 6.12. The molecule has 0 amide bonds. The highest BCUT2D eigenvalue weighted by molar-refractivity contribution is 9.10. The van der Waals surface area contributed by atoms with Crippen molar-refractivity contribution in [1.82, 2.24) is 0 Å². The van der Waals surface area contributed by atoms with E-state index >= 15 is 0 Å². The minimum atomic E-state index is 0.117. The minimum Gasteiger partial charge on any atom is -0.490 e. The van der Waals surface area contributed by atoms with E-state index in [1.807, 2.05) is 23.9 Å². The van der Waals surface area contributed by atoms with Gasteiger partial charge in [0.1, 0.15) is 11.9 Å². The van der Waals surface area contributed by atoms with Crippen molar-refractivity contribution >= 4 is 27.7 Å². The average Bonchev–Trinajstić information content (AvgIpc) is 2.28. The molecular weight excluding hydrogens is 298 g/mol. The zero-order valence-corrected chi connectivity index (χ0v) is 12.4. The fourth-order valence-corrected chi connectivity index (χ4v) is 2.98. The van der Waals surface area contributed by atoms with Gasteiger partial charge in [-0.15, -0.1) is 0 Å². The van der Waals surface area contributed by atoms with E-state index in [4.69, 9.17) is 10.5 Å². The summed E-state index contributed by atoms with van der Waals surface area (Å²) in [7, 11) is 0. The maximum atomic E-state index is 6.19. The molecule has 1 unspecified atom stereocenters.